The molecule has 1 aliphatic heterocycles. The Morgan fingerprint density at radius 2 is 2.24 bits per heavy atom. The zero-order valence-electron chi connectivity index (χ0n) is 10.6. The second-order valence-electron chi connectivity index (χ2n) is 5.07. The lowest BCUT2D eigenvalue weighted by Crippen LogP contribution is -2.30. The third-order valence-corrected chi connectivity index (χ3v) is 3.99. The lowest BCUT2D eigenvalue weighted by Gasteiger charge is -2.27. The fourth-order valence-electron chi connectivity index (χ4n) is 2.70. The molecule has 3 atom stereocenters. The van der Waals surface area contributed by atoms with Gasteiger partial charge in [0.1, 0.15) is 0 Å². The molecule has 0 radical (unpaired) electrons. The highest BCUT2D eigenvalue weighted by atomic mass is 35.5. The van der Waals surface area contributed by atoms with Crippen LogP contribution in [-0.2, 0) is 0 Å². The van der Waals surface area contributed by atoms with E-state index < -0.39 is 0 Å². The Labute approximate surface area is 109 Å². The standard InChI is InChI=1S/C14H21ClN2/c1-3-14(11-5-4-6-12(15)7-11)17-8-10(2)13(16)9-17/h4-7,10,13-14H,3,8-9,16H2,1-2H3. The summed E-state index contributed by atoms with van der Waals surface area (Å²) >= 11 is 6.07. The molecule has 1 aliphatic rings. The van der Waals surface area contributed by atoms with E-state index in [-0.39, 0.29) is 0 Å². The van der Waals surface area contributed by atoms with Gasteiger partial charge in [-0.2, -0.15) is 0 Å². The van der Waals surface area contributed by atoms with Gasteiger partial charge in [-0.05, 0) is 30.0 Å². The number of nitrogens with zero attached hydrogens (tertiary/aromatic N) is 1. The maximum Gasteiger partial charge on any atom is 0.0409 e. The van der Waals surface area contributed by atoms with Crippen LogP contribution in [0.3, 0.4) is 0 Å². The first-order valence-electron chi connectivity index (χ1n) is 6.37. The Kier molecular flexibility index (Phi) is 4.08. The Bertz CT molecular complexity index is 370. The van der Waals surface area contributed by atoms with E-state index in [4.69, 9.17) is 17.3 Å². The van der Waals surface area contributed by atoms with Gasteiger partial charge in [-0.25, -0.2) is 0 Å². The molecule has 1 aromatic carbocycles. The van der Waals surface area contributed by atoms with Gasteiger partial charge in [-0.15, -0.1) is 0 Å². The van der Waals surface area contributed by atoms with E-state index in [0.717, 1.165) is 24.5 Å². The van der Waals surface area contributed by atoms with Crippen molar-refractivity contribution in [3.8, 4) is 0 Å². The van der Waals surface area contributed by atoms with Crippen LogP contribution in [0, 0.1) is 5.92 Å². The maximum atomic E-state index is 6.10. The fourth-order valence-corrected chi connectivity index (χ4v) is 2.90. The number of benzene rings is 1. The Morgan fingerprint density at radius 3 is 2.76 bits per heavy atom. The molecule has 3 unspecified atom stereocenters. The van der Waals surface area contributed by atoms with Gasteiger partial charge in [-0.1, -0.05) is 37.6 Å². The predicted octanol–water partition coefficient (Wildman–Crippen LogP) is 3.07. The monoisotopic (exact) mass is 252 g/mol. The van der Waals surface area contributed by atoms with Crippen molar-refractivity contribution in [1.29, 1.82) is 0 Å². The summed E-state index contributed by atoms with van der Waals surface area (Å²) in [6.07, 6.45) is 1.10. The quantitative estimate of drug-likeness (QED) is 0.896. The molecule has 94 valence electrons. The zero-order chi connectivity index (χ0) is 12.4. The summed E-state index contributed by atoms with van der Waals surface area (Å²) in [5.41, 5.74) is 7.41. The molecule has 0 bridgehead atoms. The molecule has 0 aromatic heterocycles. The summed E-state index contributed by atoms with van der Waals surface area (Å²) < 4.78 is 0. The van der Waals surface area contributed by atoms with Gasteiger partial charge in [0.05, 0.1) is 0 Å². The van der Waals surface area contributed by atoms with E-state index in [9.17, 15) is 0 Å². The van der Waals surface area contributed by atoms with Crippen LogP contribution in [-0.4, -0.2) is 24.0 Å². The summed E-state index contributed by atoms with van der Waals surface area (Å²) in [7, 11) is 0. The van der Waals surface area contributed by atoms with Crippen molar-refractivity contribution in [1.82, 2.24) is 4.90 Å². The van der Waals surface area contributed by atoms with E-state index >= 15 is 0 Å². The molecule has 0 saturated carbocycles. The Hall–Kier alpha value is -0.570. The minimum absolute atomic E-state index is 0.309. The van der Waals surface area contributed by atoms with Crippen molar-refractivity contribution in [2.24, 2.45) is 11.7 Å². The summed E-state index contributed by atoms with van der Waals surface area (Å²) in [5.74, 6) is 0.586. The van der Waals surface area contributed by atoms with E-state index in [1.54, 1.807) is 0 Å². The van der Waals surface area contributed by atoms with Crippen LogP contribution in [0.4, 0.5) is 0 Å². The van der Waals surface area contributed by atoms with Crippen molar-refractivity contribution in [2.75, 3.05) is 13.1 Å². The zero-order valence-corrected chi connectivity index (χ0v) is 11.3. The van der Waals surface area contributed by atoms with Crippen LogP contribution < -0.4 is 5.73 Å². The second-order valence-corrected chi connectivity index (χ2v) is 5.51. The van der Waals surface area contributed by atoms with Crippen molar-refractivity contribution in [3.05, 3.63) is 34.9 Å². The van der Waals surface area contributed by atoms with Crippen LogP contribution in [0.25, 0.3) is 0 Å². The van der Waals surface area contributed by atoms with Crippen molar-refractivity contribution >= 4 is 11.6 Å². The molecule has 0 aliphatic carbocycles. The highest BCUT2D eigenvalue weighted by molar-refractivity contribution is 6.30. The topological polar surface area (TPSA) is 29.3 Å². The third-order valence-electron chi connectivity index (χ3n) is 3.76. The average molecular weight is 253 g/mol. The number of rotatable bonds is 3. The highest BCUT2D eigenvalue weighted by Gasteiger charge is 2.31. The molecule has 1 heterocycles. The smallest absolute Gasteiger partial charge is 0.0409 e. The average Bonchev–Trinajstić information content (AvgIpc) is 2.60. The van der Waals surface area contributed by atoms with Crippen molar-refractivity contribution in [2.45, 2.75) is 32.4 Å². The Morgan fingerprint density at radius 1 is 1.47 bits per heavy atom. The molecule has 1 fully saturated rings. The molecule has 0 spiro atoms. The minimum Gasteiger partial charge on any atom is -0.326 e. The van der Waals surface area contributed by atoms with E-state index in [1.165, 1.54) is 5.56 Å². The summed E-state index contributed by atoms with van der Waals surface area (Å²) in [4.78, 5) is 2.49. The molecule has 1 aromatic rings. The number of halogens is 1. The molecule has 17 heavy (non-hydrogen) atoms. The van der Waals surface area contributed by atoms with Crippen LogP contribution >= 0.6 is 11.6 Å². The first kappa shape index (κ1) is 12.9. The molecule has 2 N–H and O–H groups in total. The lowest BCUT2D eigenvalue weighted by molar-refractivity contribution is 0.231. The SMILES string of the molecule is CCC(c1cccc(Cl)c1)N1CC(C)C(N)C1. The van der Waals surface area contributed by atoms with E-state index in [2.05, 4.69) is 30.9 Å². The van der Waals surface area contributed by atoms with Gasteiger partial charge >= 0.3 is 0 Å². The second kappa shape index (κ2) is 5.38. The molecular formula is C14H21ClN2. The van der Waals surface area contributed by atoms with Gasteiger partial charge in [0.15, 0.2) is 0 Å². The predicted molar refractivity (Wildman–Crippen MR) is 73.2 cm³/mol. The number of likely N-dealkylation sites (tertiary alicyclic amines) is 1. The minimum atomic E-state index is 0.309. The molecule has 0 amide bonds. The third kappa shape index (κ3) is 2.82. The number of hydrogen-bond acceptors (Lipinski definition) is 2. The largest absolute Gasteiger partial charge is 0.326 e. The van der Waals surface area contributed by atoms with Crippen LogP contribution in [0.15, 0.2) is 24.3 Å². The molecule has 2 rings (SSSR count). The summed E-state index contributed by atoms with van der Waals surface area (Å²) in [6, 6.07) is 8.95. The molecule has 1 saturated heterocycles. The molecule has 2 nitrogen and oxygen atoms in total. The van der Waals surface area contributed by atoms with Crippen molar-refractivity contribution in [3.63, 3.8) is 0 Å². The fraction of sp³-hybridized carbons (Fsp3) is 0.571. The van der Waals surface area contributed by atoms with Crippen LogP contribution in [0.1, 0.15) is 31.9 Å². The highest BCUT2D eigenvalue weighted by Crippen LogP contribution is 2.30. The first-order chi connectivity index (χ1) is 8.11. The van der Waals surface area contributed by atoms with Crippen LogP contribution in [0.2, 0.25) is 5.02 Å². The summed E-state index contributed by atoms with van der Waals surface area (Å²) in [5, 5.41) is 0.817. The van der Waals surface area contributed by atoms with Gasteiger partial charge in [0.25, 0.3) is 0 Å². The Balaban J connectivity index is 2.17. The van der Waals surface area contributed by atoms with Crippen molar-refractivity contribution < 1.29 is 0 Å². The van der Waals surface area contributed by atoms with Gasteiger partial charge in [0.2, 0.25) is 0 Å². The number of hydrogen-bond donors (Lipinski definition) is 1. The maximum absolute atomic E-state index is 6.10. The summed E-state index contributed by atoms with van der Waals surface area (Å²) in [6.45, 7) is 6.54. The lowest BCUT2D eigenvalue weighted by atomic mass is 10.0. The van der Waals surface area contributed by atoms with Gasteiger partial charge in [0, 0.05) is 30.2 Å². The van der Waals surface area contributed by atoms with Gasteiger partial charge in [-0.3, -0.25) is 4.90 Å². The van der Waals surface area contributed by atoms with E-state index in [1.807, 2.05) is 12.1 Å². The first-order valence-corrected chi connectivity index (χ1v) is 6.74. The molecule has 3 heteroatoms. The van der Waals surface area contributed by atoms with Gasteiger partial charge < -0.3 is 5.73 Å². The molecular weight excluding hydrogens is 232 g/mol. The van der Waals surface area contributed by atoms with E-state index in [0.29, 0.717) is 18.0 Å². The van der Waals surface area contributed by atoms with Crippen LogP contribution in [0.5, 0.6) is 0 Å². The number of nitrogens with two attached hydrogens (primary N) is 1. The normalized spacial score (nSPS) is 27.3.